The van der Waals surface area contributed by atoms with Crippen LogP contribution in [0.5, 0.6) is 5.75 Å². The van der Waals surface area contributed by atoms with Gasteiger partial charge in [0.1, 0.15) is 5.75 Å². The standard InChI is InChI=1S/C26H22O/c1-20-17-18-24(27)19-25(20)26(21-11-5-2-6-12-21,22-13-7-3-8-14-22)23-15-9-4-10-16-23/h2-19,27H,1H3. The van der Waals surface area contributed by atoms with Crippen molar-refractivity contribution >= 4 is 0 Å². The molecule has 4 aromatic carbocycles. The summed E-state index contributed by atoms with van der Waals surface area (Å²) in [5.41, 5.74) is 5.26. The molecule has 0 aliphatic heterocycles. The molecule has 4 rings (SSSR count). The zero-order valence-electron chi connectivity index (χ0n) is 15.3. The third-order valence-electron chi connectivity index (χ3n) is 5.25. The van der Waals surface area contributed by atoms with E-state index < -0.39 is 5.41 Å². The van der Waals surface area contributed by atoms with Gasteiger partial charge in [0.2, 0.25) is 0 Å². The van der Waals surface area contributed by atoms with E-state index in [4.69, 9.17) is 0 Å². The van der Waals surface area contributed by atoms with Gasteiger partial charge in [0.05, 0.1) is 5.41 Å². The summed E-state index contributed by atoms with van der Waals surface area (Å²) in [4.78, 5) is 0. The van der Waals surface area contributed by atoms with Crippen molar-refractivity contribution in [3.05, 3.63) is 137 Å². The van der Waals surface area contributed by atoms with Gasteiger partial charge in [-0.2, -0.15) is 0 Å². The van der Waals surface area contributed by atoms with Crippen molar-refractivity contribution in [3.8, 4) is 5.75 Å². The highest BCUT2D eigenvalue weighted by Gasteiger charge is 2.39. The zero-order chi connectivity index (χ0) is 18.7. The zero-order valence-corrected chi connectivity index (χ0v) is 15.3. The van der Waals surface area contributed by atoms with E-state index in [1.165, 1.54) is 16.7 Å². The Balaban J connectivity index is 2.18. The van der Waals surface area contributed by atoms with Crippen molar-refractivity contribution in [2.24, 2.45) is 0 Å². The van der Waals surface area contributed by atoms with E-state index in [1.807, 2.05) is 30.3 Å². The van der Waals surface area contributed by atoms with Crippen molar-refractivity contribution in [2.75, 3.05) is 0 Å². The van der Waals surface area contributed by atoms with Crippen molar-refractivity contribution < 1.29 is 5.11 Å². The molecule has 0 heterocycles. The Hall–Kier alpha value is -3.32. The minimum Gasteiger partial charge on any atom is -0.508 e. The van der Waals surface area contributed by atoms with Crippen LogP contribution in [0.25, 0.3) is 0 Å². The lowest BCUT2D eigenvalue weighted by molar-refractivity contribution is 0.473. The van der Waals surface area contributed by atoms with Gasteiger partial charge in [0.15, 0.2) is 0 Å². The molecule has 1 N–H and O–H groups in total. The Bertz CT molecular complexity index is 925. The molecule has 0 amide bonds. The average Bonchev–Trinajstić information content (AvgIpc) is 2.73. The molecule has 0 fully saturated rings. The number of aryl methyl sites for hydroxylation is 1. The first kappa shape index (κ1) is 17.1. The van der Waals surface area contributed by atoms with Gasteiger partial charge in [-0.3, -0.25) is 0 Å². The van der Waals surface area contributed by atoms with Gasteiger partial charge in [-0.25, -0.2) is 0 Å². The Morgan fingerprint density at radius 1 is 0.556 bits per heavy atom. The van der Waals surface area contributed by atoms with Crippen molar-refractivity contribution in [3.63, 3.8) is 0 Å². The largest absolute Gasteiger partial charge is 0.508 e. The van der Waals surface area contributed by atoms with Crippen LogP contribution in [0.3, 0.4) is 0 Å². The van der Waals surface area contributed by atoms with E-state index in [-0.39, 0.29) is 5.75 Å². The molecule has 1 heteroatoms. The summed E-state index contributed by atoms with van der Waals surface area (Å²) in [6.07, 6.45) is 0. The van der Waals surface area contributed by atoms with Crippen molar-refractivity contribution in [1.29, 1.82) is 0 Å². The maximum atomic E-state index is 10.3. The van der Waals surface area contributed by atoms with Gasteiger partial charge in [-0.15, -0.1) is 0 Å². The number of benzene rings is 4. The lowest BCUT2D eigenvalue weighted by Crippen LogP contribution is -2.31. The second kappa shape index (κ2) is 7.13. The van der Waals surface area contributed by atoms with Crippen LogP contribution in [-0.4, -0.2) is 5.11 Å². The van der Waals surface area contributed by atoms with Crippen molar-refractivity contribution in [1.82, 2.24) is 0 Å². The summed E-state index contributed by atoms with van der Waals surface area (Å²) in [6.45, 7) is 2.11. The highest BCUT2D eigenvalue weighted by atomic mass is 16.3. The Kier molecular flexibility index (Phi) is 4.52. The lowest BCUT2D eigenvalue weighted by Gasteiger charge is -2.38. The summed E-state index contributed by atoms with van der Waals surface area (Å²) < 4.78 is 0. The first-order chi connectivity index (χ1) is 13.2. The summed E-state index contributed by atoms with van der Waals surface area (Å²) >= 11 is 0. The Morgan fingerprint density at radius 3 is 1.37 bits per heavy atom. The first-order valence-electron chi connectivity index (χ1n) is 9.19. The highest BCUT2D eigenvalue weighted by molar-refractivity contribution is 5.62. The van der Waals surface area contributed by atoms with E-state index in [1.54, 1.807) is 6.07 Å². The number of hydrogen-bond acceptors (Lipinski definition) is 1. The van der Waals surface area contributed by atoms with E-state index in [9.17, 15) is 5.11 Å². The molecule has 4 aromatic rings. The van der Waals surface area contributed by atoms with Gasteiger partial charge in [0, 0.05) is 0 Å². The summed E-state index contributed by atoms with van der Waals surface area (Å²) in [7, 11) is 0. The molecule has 1 nitrogen and oxygen atoms in total. The van der Waals surface area contributed by atoms with E-state index in [0.29, 0.717) is 0 Å². The van der Waals surface area contributed by atoms with Crippen LogP contribution in [0, 0.1) is 6.92 Å². The predicted molar refractivity (Wildman–Crippen MR) is 111 cm³/mol. The number of phenols is 1. The van der Waals surface area contributed by atoms with Gasteiger partial charge < -0.3 is 5.11 Å². The monoisotopic (exact) mass is 350 g/mol. The van der Waals surface area contributed by atoms with Crippen LogP contribution >= 0.6 is 0 Å². The molecular formula is C26H22O. The summed E-state index contributed by atoms with van der Waals surface area (Å²) in [5.74, 6) is 0.280. The maximum absolute atomic E-state index is 10.3. The highest BCUT2D eigenvalue weighted by Crippen LogP contribution is 2.46. The van der Waals surface area contributed by atoms with E-state index >= 15 is 0 Å². The van der Waals surface area contributed by atoms with Gasteiger partial charge >= 0.3 is 0 Å². The average molecular weight is 350 g/mol. The molecule has 0 aliphatic rings. The van der Waals surface area contributed by atoms with Crippen LogP contribution in [0.2, 0.25) is 0 Å². The molecule has 0 saturated carbocycles. The van der Waals surface area contributed by atoms with Gasteiger partial charge in [-0.1, -0.05) is 97.1 Å². The smallest absolute Gasteiger partial charge is 0.115 e. The van der Waals surface area contributed by atoms with Crippen molar-refractivity contribution in [2.45, 2.75) is 12.3 Å². The number of aromatic hydroxyl groups is 1. The Labute approximate surface area is 160 Å². The predicted octanol–water partition coefficient (Wildman–Crippen LogP) is 6.08. The second-order valence-corrected chi connectivity index (χ2v) is 6.85. The molecule has 0 aliphatic carbocycles. The fourth-order valence-corrected chi connectivity index (χ4v) is 4.04. The SMILES string of the molecule is Cc1ccc(O)cc1C(c1ccccc1)(c1ccccc1)c1ccccc1. The Morgan fingerprint density at radius 2 is 0.963 bits per heavy atom. The van der Waals surface area contributed by atoms with Crippen LogP contribution in [0.15, 0.2) is 109 Å². The molecule has 0 unspecified atom stereocenters. The molecule has 27 heavy (non-hydrogen) atoms. The van der Waals surface area contributed by atoms with Crippen LogP contribution in [0.4, 0.5) is 0 Å². The van der Waals surface area contributed by atoms with E-state index in [2.05, 4.69) is 79.7 Å². The maximum Gasteiger partial charge on any atom is 0.115 e. The molecule has 0 spiro atoms. The van der Waals surface area contributed by atoms with Crippen LogP contribution in [0.1, 0.15) is 27.8 Å². The molecule has 132 valence electrons. The minimum absolute atomic E-state index is 0.280. The number of rotatable bonds is 4. The van der Waals surface area contributed by atoms with Crippen LogP contribution in [-0.2, 0) is 5.41 Å². The van der Waals surface area contributed by atoms with Gasteiger partial charge in [0.25, 0.3) is 0 Å². The molecule has 0 atom stereocenters. The summed E-state index contributed by atoms with van der Waals surface area (Å²) in [6, 6.07) is 37.3. The fraction of sp³-hybridized carbons (Fsp3) is 0.0769. The number of phenolic OH excluding ortho intramolecular Hbond substituents is 1. The quantitative estimate of drug-likeness (QED) is 0.442. The lowest BCUT2D eigenvalue weighted by atomic mass is 9.64. The third kappa shape index (κ3) is 2.92. The third-order valence-corrected chi connectivity index (χ3v) is 5.25. The number of hydrogen-bond donors (Lipinski definition) is 1. The normalized spacial score (nSPS) is 11.3. The minimum atomic E-state index is -0.507. The van der Waals surface area contributed by atoms with Crippen LogP contribution < -0.4 is 0 Å². The summed E-state index contributed by atoms with van der Waals surface area (Å²) in [5, 5.41) is 10.3. The molecule has 0 radical (unpaired) electrons. The van der Waals surface area contributed by atoms with E-state index in [0.717, 1.165) is 11.1 Å². The molecule has 0 saturated heterocycles. The molecular weight excluding hydrogens is 328 g/mol. The first-order valence-corrected chi connectivity index (χ1v) is 9.19. The second-order valence-electron chi connectivity index (χ2n) is 6.85. The van der Waals surface area contributed by atoms with Gasteiger partial charge in [-0.05, 0) is 46.9 Å². The topological polar surface area (TPSA) is 20.2 Å². The fourth-order valence-electron chi connectivity index (χ4n) is 4.04. The molecule has 0 bridgehead atoms. The molecule has 0 aromatic heterocycles.